The van der Waals surface area contributed by atoms with E-state index in [4.69, 9.17) is 5.73 Å². The lowest BCUT2D eigenvalue weighted by Crippen LogP contribution is -2.07. The summed E-state index contributed by atoms with van der Waals surface area (Å²) >= 11 is 1.64. The van der Waals surface area contributed by atoms with Crippen LogP contribution in [0.3, 0.4) is 0 Å². The molecule has 0 saturated heterocycles. The Morgan fingerprint density at radius 1 is 1.05 bits per heavy atom. The van der Waals surface area contributed by atoms with Crippen molar-refractivity contribution in [3.05, 3.63) is 58.9 Å². The molecule has 0 aliphatic carbocycles. The van der Waals surface area contributed by atoms with E-state index in [0.29, 0.717) is 11.5 Å². The second kappa shape index (κ2) is 6.63. The first-order valence-electron chi connectivity index (χ1n) is 7.22. The molecule has 0 heterocycles. The van der Waals surface area contributed by atoms with Crippen LogP contribution < -0.4 is 5.73 Å². The van der Waals surface area contributed by atoms with E-state index in [1.54, 1.807) is 24.8 Å². The quantitative estimate of drug-likeness (QED) is 0.815. The molecule has 21 heavy (non-hydrogen) atoms. The first-order valence-corrected chi connectivity index (χ1v) is 8.03. The van der Waals surface area contributed by atoms with Crippen molar-refractivity contribution in [2.75, 3.05) is 0 Å². The highest BCUT2D eigenvalue weighted by atomic mass is 32.2. The van der Waals surface area contributed by atoms with Crippen LogP contribution in [-0.4, -0.2) is 0 Å². The maximum Gasteiger partial charge on any atom is 0.126 e. The third kappa shape index (κ3) is 3.86. The normalized spacial score (nSPS) is 12.7. The Labute approximate surface area is 130 Å². The van der Waals surface area contributed by atoms with Gasteiger partial charge in [0.15, 0.2) is 0 Å². The summed E-state index contributed by atoms with van der Waals surface area (Å²) in [7, 11) is 0. The highest BCUT2D eigenvalue weighted by Crippen LogP contribution is 2.35. The van der Waals surface area contributed by atoms with Gasteiger partial charge in [-0.3, -0.25) is 0 Å². The molecule has 1 nitrogen and oxygen atoms in total. The summed E-state index contributed by atoms with van der Waals surface area (Å²) in [6.45, 7) is 8.03. The van der Waals surface area contributed by atoms with Gasteiger partial charge in [0.2, 0.25) is 0 Å². The summed E-state index contributed by atoms with van der Waals surface area (Å²) in [4.78, 5) is 2.17. The average Bonchev–Trinajstić information content (AvgIpc) is 2.43. The lowest BCUT2D eigenvalue weighted by Gasteiger charge is -2.14. The van der Waals surface area contributed by atoms with E-state index >= 15 is 0 Å². The standard InChI is InChI=1S/C18H22FNS/c1-11(2)14-5-7-15(8-6-14)21-18-9-12(3)17(19)10-16(18)13(4)20/h5-11,13H,20H2,1-4H3/t13-/m1/s1. The van der Waals surface area contributed by atoms with Crippen LogP contribution in [0.25, 0.3) is 0 Å². The fraction of sp³-hybridized carbons (Fsp3) is 0.333. The number of aryl methyl sites for hydroxylation is 1. The Morgan fingerprint density at radius 2 is 1.67 bits per heavy atom. The third-order valence-corrected chi connectivity index (χ3v) is 4.64. The zero-order chi connectivity index (χ0) is 15.6. The van der Waals surface area contributed by atoms with Crippen LogP contribution in [0.4, 0.5) is 4.39 Å². The lowest BCUT2D eigenvalue weighted by atomic mass is 10.0. The maximum absolute atomic E-state index is 13.7. The van der Waals surface area contributed by atoms with Gasteiger partial charge in [-0.15, -0.1) is 0 Å². The number of rotatable bonds is 4. The zero-order valence-corrected chi connectivity index (χ0v) is 13.8. The van der Waals surface area contributed by atoms with Crippen LogP contribution in [0.5, 0.6) is 0 Å². The Kier molecular flexibility index (Phi) is 5.07. The molecule has 0 amide bonds. The van der Waals surface area contributed by atoms with Crippen molar-refractivity contribution in [2.24, 2.45) is 5.73 Å². The number of benzene rings is 2. The van der Waals surface area contributed by atoms with Crippen LogP contribution in [0.2, 0.25) is 0 Å². The van der Waals surface area contributed by atoms with E-state index in [1.807, 2.05) is 13.0 Å². The van der Waals surface area contributed by atoms with E-state index < -0.39 is 0 Å². The molecule has 3 heteroatoms. The van der Waals surface area contributed by atoms with Crippen molar-refractivity contribution in [3.63, 3.8) is 0 Å². The van der Waals surface area contributed by atoms with Crippen molar-refractivity contribution in [2.45, 2.75) is 49.4 Å². The molecular weight excluding hydrogens is 281 g/mol. The molecule has 0 aliphatic heterocycles. The highest BCUT2D eigenvalue weighted by molar-refractivity contribution is 7.99. The van der Waals surface area contributed by atoms with Gasteiger partial charge in [-0.05, 0) is 60.7 Å². The first-order chi connectivity index (χ1) is 9.88. The molecule has 0 unspecified atom stereocenters. The second-order valence-electron chi connectivity index (χ2n) is 5.75. The van der Waals surface area contributed by atoms with Gasteiger partial charge in [0.1, 0.15) is 5.82 Å². The molecule has 2 aromatic carbocycles. The molecule has 0 radical (unpaired) electrons. The monoisotopic (exact) mass is 303 g/mol. The van der Waals surface area contributed by atoms with Gasteiger partial charge in [0.25, 0.3) is 0 Å². The second-order valence-corrected chi connectivity index (χ2v) is 6.87. The summed E-state index contributed by atoms with van der Waals surface area (Å²) in [6.07, 6.45) is 0. The minimum Gasteiger partial charge on any atom is -0.324 e. The van der Waals surface area contributed by atoms with Crippen LogP contribution in [0, 0.1) is 12.7 Å². The summed E-state index contributed by atoms with van der Waals surface area (Å²) in [5.41, 5.74) is 8.80. The number of hydrogen-bond acceptors (Lipinski definition) is 2. The molecule has 0 aliphatic rings. The topological polar surface area (TPSA) is 26.0 Å². The average molecular weight is 303 g/mol. The molecular formula is C18H22FNS. The number of nitrogens with two attached hydrogens (primary N) is 1. The SMILES string of the molecule is Cc1cc(Sc2ccc(C(C)C)cc2)c([C@@H](C)N)cc1F. The Morgan fingerprint density at radius 3 is 2.19 bits per heavy atom. The first kappa shape index (κ1) is 16.1. The summed E-state index contributed by atoms with van der Waals surface area (Å²) in [6, 6.07) is 11.8. The molecule has 1 atom stereocenters. The molecule has 0 bridgehead atoms. The van der Waals surface area contributed by atoms with Crippen molar-refractivity contribution < 1.29 is 4.39 Å². The molecule has 2 rings (SSSR count). The fourth-order valence-electron chi connectivity index (χ4n) is 2.16. The van der Waals surface area contributed by atoms with Gasteiger partial charge in [0, 0.05) is 15.8 Å². The molecule has 112 valence electrons. The molecule has 2 N–H and O–H groups in total. The predicted octanol–water partition coefficient (Wildman–Crippen LogP) is 5.43. The van der Waals surface area contributed by atoms with Gasteiger partial charge >= 0.3 is 0 Å². The van der Waals surface area contributed by atoms with E-state index in [1.165, 1.54) is 5.56 Å². The van der Waals surface area contributed by atoms with E-state index in [2.05, 4.69) is 38.1 Å². The zero-order valence-electron chi connectivity index (χ0n) is 13.0. The maximum atomic E-state index is 13.7. The van der Waals surface area contributed by atoms with E-state index in [-0.39, 0.29) is 11.9 Å². The van der Waals surface area contributed by atoms with Crippen molar-refractivity contribution in [3.8, 4) is 0 Å². The van der Waals surface area contributed by atoms with E-state index in [9.17, 15) is 4.39 Å². The minimum absolute atomic E-state index is 0.183. The van der Waals surface area contributed by atoms with Gasteiger partial charge in [0.05, 0.1) is 0 Å². The summed E-state index contributed by atoms with van der Waals surface area (Å²) in [5, 5.41) is 0. The van der Waals surface area contributed by atoms with Gasteiger partial charge in [-0.1, -0.05) is 37.7 Å². The van der Waals surface area contributed by atoms with Gasteiger partial charge in [-0.25, -0.2) is 4.39 Å². The predicted molar refractivity (Wildman–Crippen MR) is 88.4 cm³/mol. The van der Waals surface area contributed by atoms with Crippen molar-refractivity contribution in [1.29, 1.82) is 0 Å². The fourth-order valence-corrected chi connectivity index (χ4v) is 3.29. The van der Waals surface area contributed by atoms with Crippen LogP contribution in [-0.2, 0) is 0 Å². The molecule has 0 spiro atoms. The Bertz CT molecular complexity index is 618. The van der Waals surface area contributed by atoms with Crippen LogP contribution in [0.1, 0.15) is 49.4 Å². The summed E-state index contributed by atoms with van der Waals surface area (Å²) < 4.78 is 13.7. The molecule has 2 aromatic rings. The minimum atomic E-state index is -0.193. The van der Waals surface area contributed by atoms with Crippen molar-refractivity contribution >= 4 is 11.8 Å². The largest absolute Gasteiger partial charge is 0.324 e. The Balaban J connectivity index is 2.32. The number of hydrogen-bond donors (Lipinski definition) is 1. The van der Waals surface area contributed by atoms with E-state index in [0.717, 1.165) is 15.4 Å². The number of halogens is 1. The van der Waals surface area contributed by atoms with Crippen molar-refractivity contribution in [1.82, 2.24) is 0 Å². The molecule has 0 fully saturated rings. The molecule has 0 saturated carbocycles. The highest BCUT2D eigenvalue weighted by Gasteiger charge is 2.12. The van der Waals surface area contributed by atoms with Gasteiger partial charge in [-0.2, -0.15) is 0 Å². The lowest BCUT2D eigenvalue weighted by molar-refractivity contribution is 0.610. The van der Waals surface area contributed by atoms with Crippen LogP contribution >= 0.6 is 11.8 Å². The summed E-state index contributed by atoms with van der Waals surface area (Å²) in [5.74, 6) is 0.332. The smallest absolute Gasteiger partial charge is 0.126 e. The van der Waals surface area contributed by atoms with Gasteiger partial charge < -0.3 is 5.73 Å². The Hall–Kier alpha value is -1.32. The third-order valence-electron chi connectivity index (χ3n) is 3.56. The molecule has 0 aromatic heterocycles. The van der Waals surface area contributed by atoms with Crippen LogP contribution in [0.15, 0.2) is 46.2 Å².